The van der Waals surface area contributed by atoms with E-state index in [0.717, 1.165) is 0 Å². The largest absolute Gasteiger partial charge is 0.299 e. The second kappa shape index (κ2) is 3.78. The summed E-state index contributed by atoms with van der Waals surface area (Å²) < 4.78 is 18.7. The molecular formula is C9H17NO2S. The van der Waals surface area contributed by atoms with E-state index in [1.807, 2.05) is 13.8 Å². The SMILES string of the molecule is CC(C)C(=O)C1CCS(=N)(=O)CC1. The molecule has 0 unspecified atom stereocenters. The summed E-state index contributed by atoms with van der Waals surface area (Å²) in [7, 11) is -2.33. The Kier molecular flexibility index (Phi) is 3.11. The molecule has 0 aromatic carbocycles. The van der Waals surface area contributed by atoms with Gasteiger partial charge in [-0.2, -0.15) is 0 Å². The third-order valence-electron chi connectivity index (χ3n) is 2.56. The molecular weight excluding hydrogens is 186 g/mol. The molecule has 1 heterocycles. The molecule has 1 N–H and O–H groups in total. The van der Waals surface area contributed by atoms with Gasteiger partial charge in [0.2, 0.25) is 0 Å². The molecule has 0 atom stereocenters. The maximum atomic E-state index is 11.6. The molecule has 0 radical (unpaired) electrons. The highest BCUT2D eigenvalue weighted by molar-refractivity contribution is 7.92. The minimum atomic E-state index is -2.33. The normalized spacial score (nSPS) is 34.8. The lowest BCUT2D eigenvalue weighted by molar-refractivity contribution is -0.126. The van der Waals surface area contributed by atoms with Gasteiger partial charge in [0.25, 0.3) is 0 Å². The van der Waals surface area contributed by atoms with Crippen molar-refractivity contribution in [2.24, 2.45) is 11.8 Å². The summed E-state index contributed by atoms with van der Waals surface area (Å²) in [5.74, 6) is 1.24. The van der Waals surface area contributed by atoms with Crippen molar-refractivity contribution in [2.45, 2.75) is 26.7 Å². The number of carbonyl (C=O) groups is 1. The van der Waals surface area contributed by atoms with E-state index in [1.54, 1.807) is 0 Å². The minimum absolute atomic E-state index is 0.0694. The van der Waals surface area contributed by atoms with Crippen LogP contribution >= 0.6 is 0 Å². The number of hydrogen-bond acceptors (Lipinski definition) is 3. The summed E-state index contributed by atoms with van der Waals surface area (Å²) in [6.07, 6.45) is 1.30. The van der Waals surface area contributed by atoms with Crippen LogP contribution in [0.3, 0.4) is 0 Å². The molecule has 1 fully saturated rings. The van der Waals surface area contributed by atoms with Crippen LogP contribution in [-0.4, -0.2) is 21.5 Å². The van der Waals surface area contributed by atoms with E-state index in [-0.39, 0.29) is 17.6 Å². The van der Waals surface area contributed by atoms with Gasteiger partial charge >= 0.3 is 0 Å². The Morgan fingerprint density at radius 2 is 1.85 bits per heavy atom. The van der Waals surface area contributed by atoms with E-state index in [0.29, 0.717) is 24.3 Å². The molecule has 0 aliphatic carbocycles. The van der Waals surface area contributed by atoms with Crippen molar-refractivity contribution >= 4 is 15.5 Å². The third kappa shape index (κ3) is 2.79. The molecule has 1 rings (SSSR count). The fourth-order valence-electron chi connectivity index (χ4n) is 1.67. The van der Waals surface area contributed by atoms with Crippen molar-refractivity contribution in [3.63, 3.8) is 0 Å². The Labute approximate surface area is 79.9 Å². The molecule has 13 heavy (non-hydrogen) atoms. The summed E-state index contributed by atoms with van der Waals surface area (Å²) in [6, 6.07) is 0. The predicted molar refractivity (Wildman–Crippen MR) is 53.2 cm³/mol. The molecule has 3 nitrogen and oxygen atoms in total. The average molecular weight is 203 g/mol. The van der Waals surface area contributed by atoms with E-state index in [1.165, 1.54) is 0 Å². The van der Waals surface area contributed by atoms with Crippen molar-refractivity contribution in [1.29, 1.82) is 4.78 Å². The van der Waals surface area contributed by atoms with Crippen LogP contribution in [0.25, 0.3) is 0 Å². The van der Waals surface area contributed by atoms with Crippen LogP contribution < -0.4 is 0 Å². The van der Waals surface area contributed by atoms with E-state index >= 15 is 0 Å². The third-order valence-corrected chi connectivity index (χ3v) is 4.35. The van der Waals surface area contributed by atoms with Crippen LogP contribution in [0, 0.1) is 16.6 Å². The highest BCUT2D eigenvalue weighted by Gasteiger charge is 2.27. The van der Waals surface area contributed by atoms with E-state index < -0.39 is 9.73 Å². The number of rotatable bonds is 2. The van der Waals surface area contributed by atoms with Gasteiger partial charge < -0.3 is 0 Å². The average Bonchev–Trinajstić information content (AvgIpc) is 2.03. The van der Waals surface area contributed by atoms with Gasteiger partial charge in [-0.15, -0.1) is 0 Å². The van der Waals surface area contributed by atoms with Gasteiger partial charge in [0, 0.05) is 33.1 Å². The molecule has 4 heteroatoms. The topological polar surface area (TPSA) is 58.0 Å². The first-order valence-corrected chi connectivity index (χ1v) is 6.60. The molecule has 0 amide bonds. The standard InChI is InChI=1S/C9H17NO2S/c1-7(2)9(11)8-3-5-13(10,12)6-4-8/h7-8,10H,3-6H2,1-2H3. The minimum Gasteiger partial charge on any atom is -0.299 e. The number of hydrogen-bond donors (Lipinski definition) is 1. The Hall–Kier alpha value is -0.380. The second-order valence-corrected chi connectivity index (χ2v) is 6.49. The van der Waals surface area contributed by atoms with E-state index in [4.69, 9.17) is 4.78 Å². The zero-order valence-electron chi connectivity index (χ0n) is 8.21. The molecule has 0 saturated carbocycles. The summed E-state index contributed by atoms with van der Waals surface area (Å²) >= 11 is 0. The lowest BCUT2D eigenvalue weighted by atomic mass is 9.91. The Balaban J connectivity index is 2.55. The van der Waals surface area contributed by atoms with Crippen molar-refractivity contribution in [3.05, 3.63) is 0 Å². The lowest BCUT2D eigenvalue weighted by Gasteiger charge is -2.23. The molecule has 0 aromatic heterocycles. The van der Waals surface area contributed by atoms with Gasteiger partial charge in [-0.1, -0.05) is 13.8 Å². The van der Waals surface area contributed by atoms with Crippen molar-refractivity contribution in [3.8, 4) is 0 Å². The number of ketones is 1. The van der Waals surface area contributed by atoms with E-state index in [9.17, 15) is 9.00 Å². The summed E-state index contributed by atoms with van der Waals surface area (Å²) in [5, 5.41) is 0. The Bertz CT molecular complexity index is 279. The summed E-state index contributed by atoms with van der Waals surface area (Å²) in [4.78, 5) is 11.6. The maximum absolute atomic E-state index is 11.6. The molecule has 0 bridgehead atoms. The van der Waals surface area contributed by atoms with Gasteiger partial charge in [-0.25, -0.2) is 4.21 Å². The molecule has 0 spiro atoms. The van der Waals surface area contributed by atoms with Crippen LogP contribution in [0.2, 0.25) is 0 Å². The number of nitrogens with one attached hydrogen (secondary N) is 1. The van der Waals surface area contributed by atoms with Gasteiger partial charge in [-0.3, -0.25) is 9.57 Å². The summed E-state index contributed by atoms with van der Waals surface area (Å²) in [6.45, 7) is 3.80. The van der Waals surface area contributed by atoms with Gasteiger partial charge in [0.1, 0.15) is 5.78 Å². The van der Waals surface area contributed by atoms with Crippen molar-refractivity contribution in [1.82, 2.24) is 0 Å². The monoisotopic (exact) mass is 203 g/mol. The Morgan fingerprint density at radius 3 is 2.23 bits per heavy atom. The zero-order chi connectivity index (χ0) is 10.1. The number of carbonyl (C=O) groups excluding carboxylic acids is 1. The fraction of sp³-hybridized carbons (Fsp3) is 0.889. The first-order chi connectivity index (χ1) is 5.92. The fourth-order valence-corrected chi connectivity index (χ4v) is 3.20. The number of Topliss-reactive ketones (excluding diaryl/α,β-unsaturated/α-hetero) is 1. The van der Waals surface area contributed by atoms with Crippen LogP contribution in [0.15, 0.2) is 0 Å². The highest BCUT2D eigenvalue weighted by atomic mass is 32.2. The van der Waals surface area contributed by atoms with Gasteiger partial charge in [-0.05, 0) is 12.8 Å². The van der Waals surface area contributed by atoms with Crippen LogP contribution in [-0.2, 0) is 14.5 Å². The molecule has 76 valence electrons. The molecule has 1 saturated heterocycles. The summed E-state index contributed by atoms with van der Waals surface area (Å²) in [5.41, 5.74) is 0. The maximum Gasteiger partial charge on any atom is 0.138 e. The molecule has 1 aliphatic rings. The lowest BCUT2D eigenvalue weighted by Crippen LogP contribution is -2.29. The van der Waals surface area contributed by atoms with Crippen molar-refractivity contribution < 1.29 is 9.00 Å². The first-order valence-electron chi connectivity index (χ1n) is 4.70. The van der Waals surface area contributed by atoms with Gasteiger partial charge in [0.05, 0.1) is 0 Å². The molecule has 0 aromatic rings. The van der Waals surface area contributed by atoms with Gasteiger partial charge in [0.15, 0.2) is 0 Å². The second-order valence-electron chi connectivity index (χ2n) is 4.05. The first kappa shape index (κ1) is 10.7. The van der Waals surface area contributed by atoms with Crippen molar-refractivity contribution in [2.75, 3.05) is 11.5 Å². The quantitative estimate of drug-likeness (QED) is 0.742. The van der Waals surface area contributed by atoms with Crippen LogP contribution in [0.1, 0.15) is 26.7 Å². The van der Waals surface area contributed by atoms with Crippen LogP contribution in [0.5, 0.6) is 0 Å². The predicted octanol–water partition coefficient (Wildman–Crippen LogP) is 1.67. The smallest absolute Gasteiger partial charge is 0.138 e. The highest BCUT2D eigenvalue weighted by Crippen LogP contribution is 2.22. The Morgan fingerprint density at radius 1 is 1.38 bits per heavy atom. The van der Waals surface area contributed by atoms with E-state index in [2.05, 4.69) is 0 Å². The zero-order valence-corrected chi connectivity index (χ0v) is 9.02. The molecule has 1 aliphatic heterocycles. The van der Waals surface area contributed by atoms with Crippen LogP contribution in [0.4, 0.5) is 0 Å².